The highest BCUT2D eigenvalue weighted by atomic mass is 35.5. The van der Waals surface area contributed by atoms with E-state index in [1.165, 1.54) is 11.3 Å². The van der Waals surface area contributed by atoms with Gasteiger partial charge in [-0.2, -0.15) is 0 Å². The van der Waals surface area contributed by atoms with Crippen molar-refractivity contribution in [3.63, 3.8) is 0 Å². The highest BCUT2D eigenvalue weighted by molar-refractivity contribution is 7.16. The molecule has 2 amide bonds. The van der Waals surface area contributed by atoms with Crippen molar-refractivity contribution in [1.29, 1.82) is 0 Å². The van der Waals surface area contributed by atoms with Crippen LogP contribution in [-0.4, -0.2) is 23.8 Å². The number of aliphatic hydroxyl groups is 1. The minimum atomic E-state index is -0.275. The van der Waals surface area contributed by atoms with Crippen LogP contribution in [0.2, 0.25) is 4.34 Å². The molecule has 17 heavy (non-hydrogen) atoms. The van der Waals surface area contributed by atoms with Crippen molar-refractivity contribution in [2.45, 2.75) is 32.4 Å². The zero-order valence-electron chi connectivity index (χ0n) is 9.87. The number of hydrogen-bond acceptors (Lipinski definition) is 3. The van der Waals surface area contributed by atoms with Crippen molar-refractivity contribution in [3.05, 3.63) is 21.3 Å². The molecule has 0 bridgehead atoms. The van der Waals surface area contributed by atoms with Gasteiger partial charge in [0.15, 0.2) is 0 Å². The number of thiophene rings is 1. The lowest BCUT2D eigenvalue weighted by molar-refractivity contribution is 0.212. The van der Waals surface area contributed by atoms with Gasteiger partial charge in [-0.05, 0) is 25.5 Å². The molecule has 2 atom stereocenters. The Hall–Kier alpha value is -0.780. The van der Waals surface area contributed by atoms with E-state index in [4.69, 9.17) is 16.7 Å². The van der Waals surface area contributed by atoms with E-state index in [9.17, 15) is 4.79 Å². The molecule has 3 N–H and O–H groups in total. The van der Waals surface area contributed by atoms with Gasteiger partial charge >= 0.3 is 6.03 Å². The summed E-state index contributed by atoms with van der Waals surface area (Å²) in [4.78, 5) is 12.6. The summed E-state index contributed by atoms with van der Waals surface area (Å²) in [5.74, 6) is 0. The van der Waals surface area contributed by atoms with Crippen LogP contribution >= 0.6 is 22.9 Å². The molecule has 4 nitrogen and oxygen atoms in total. The number of aliphatic hydroxyl groups excluding tert-OH is 1. The monoisotopic (exact) mass is 276 g/mol. The van der Waals surface area contributed by atoms with E-state index in [1.54, 1.807) is 6.07 Å². The van der Waals surface area contributed by atoms with E-state index in [2.05, 4.69) is 10.6 Å². The van der Waals surface area contributed by atoms with Gasteiger partial charge in [0.05, 0.1) is 23.0 Å². The van der Waals surface area contributed by atoms with Crippen molar-refractivity contribution >= 4 is 29.0 Å². The number of rotatable bonds is 5. The fourth-order valence-corrected chi connectivity index (χ4v) is 2.40. The molecule has 1 aromatic heterocycles. The van der Waals surface area contributed by atoms with Crippen molar-refractivity contribution in [3.8, 4) is 0 Å². The minimum Gasteiger partial charge on any atom is -0.394 e. The van der Waals surface area contributed by atoms with Gasteiger partial charge in [-0.3, -0.25) is 0 Å². The van der Waals surface area contributed by atoms with Crippen LogP contribution in [-0.2, 0) is 0 Å². The van der Waals surface area contributed by atoms with E-state index < -0.39 is 0 Å². The zero-order chi connectivity index (χ0) is 12.8. The molecule has 1 aromatic rings. The molecule has 0 radical (unpaired) electrons. The molecule has 6 heteroatoms. The highest BCUT2D eigenvalue weighted by Crippen LogP contribution is 2.26. The van der Waals surface area contributed by atoms with Crippen LogP contribution in [0.4, 0.5) is 4.79 Å². The summed E-state index contributed by atoms with van der Waals surface area (Å²) in [6, 6.07) is 3.13. The molecule has 0 saturated carbocycles. The van der Waals surface area contributed by atoms with Crippen molar-refractivity contribution < 1.29 is 9.90 Å². The highest BCUT2D eigenvalue weighted by Gasteiger charge is 2.13. The molecule has 96 valence electrons. The smallest absolute Gasteiger partial charge is 0.315 e. The lowest BCUT2D eigenvalue weighted by Crippen LogP contribution is -2.44. The fourth-order valence-electron chi connectivity index (χ4n) is 1.33. The minimum absolute atomic E-state index is 0.0524. The third kappa shape index (κ3) is 4.53. The Bertz CT molecular complexity index is 366. The summed E-state index contributed by atoms with van der Waals surface area (Å²) in [6.07, 6.45) is 0.698. The van der Waals surface area contributed by atoms with Gasteiger partial charge in [0.1, 0.15) is 0 Å². The van der Waals surface area contributed by atoms with Crippen molar-refractivity contribution in [1.82, 2.24) is 10.6 Å². The number of hydrogen-bond donors (Lipinski definition) is 3. The van der Waals surface area contributed by atoms with Gasteiger partial charge in [0.2, 0.25) is 0 Å². The predicted octanol–water partition coefficient (Wildman–Crippen LogP) is 2.53. The summed E-state index contributed by atoms with van der Waals surface area (Å²) in [6.45, 7) is 3.74. The maximum absolute atomic E-state index is 11.6. The predicted molar refractivity (Wildman–Crippen MR) is 70.6 cm³/mol. The Kier molecular flexibility index (Phi) is 5.74. The number of carbonyl (C=O) groups excluding carboxylic acids is 1. The van der Waals surface area contributed by atoms with Crippen LogP contribution in [0.5, 0.6) is 0 Å². The molecular formula is C11H17ClN2O2S. The lowest BCUT2D eigenvalue weighted by atomic mass is 10.2. The standard InChI is InChI=1S/C11H17ClN2O2S/c1-3-8(6-15)14-11(16)13-7(2)9-4-5-10(12)17-9/h4-5,7-8,15H,3,6H2,1-2H3,(H2,13,14,16)/t7-,8+/m1/s1. The largest absolute Gasteiger partial charge is 0.394 e. The van der Waals surface area contributed by atoms with E-state index in [-0.39, 0.29) is 24.7 Å². The summed E-state index contributed by atoms with van der Waals surface area (Å²) in [5, 5.41) is 14.5. The first-order valence-electron chi connectivity index (χ1n) is 5.50. The molecule has 0 aliphatic heterocycles. The third-order valence-electron chi connectivity index (χ3n) is 2.42. The molecule has 0 aromatic carbocycles. The van der Waals surface area contributed by atoms with Crippen LogP contribution in [0, 0.1) is 0 Å². The Balaban J connectivity index is 2.45. The average molecular weight is 277 g/mol. The molecule has 1 heterocycles. The first kappa shape index (κ1) is 14.3. The van der Waals surface area contributed by atoms with Gasteiger partial charge in [0, 0.05) is 4.88 Å². The Morgan fingerprint density at radius 1 is 1.53 bits per heavy atom. The normalized spacial score (nSPS) is 14.1. The topological polar surface area (TPSA) is 61.4 Å². The molecule has 0 unspecified atom stereocenters. The molecule has 0 aliphatic carbocycles. The van der Waals surface area contributed by atoms with Gasteiger partial charge in [-0.1, -0.05) is 18.5 Å². The molecule has 0 saturated heterocycles. The number of carbonyl (C=O) groups is 1. The number of urea groups is 1. The summed E-state index contributed by atoms with van der Waals surface area (Å²) < 4.78 is 0.704. The quantitative estimate of drug-likeness (QED) is 0.774. The molecule has 0 spiro atoms. The molecular weight excluding hydrogens is 260 g/mol. The summed E-state index contributed by atoms with van der Waals surface area (Å²) in [5.41, 5.74) is 0. The Morgan fingerprint density at radius 3 is 2.71 bits per heavy atom. The SMILES string of the molecule is CC[C@@H](CO)NC(=O)N[C@H](C)c1ccc(Cl)s1. The maximum atomic E-state index is 11.6. The van der Waals surface area contributed by atoms with Gasteiger partial charge in [0.25, 0.3) is 0 Å². The maximum Gasteiger partial charge on any atom is 0.315 e. The van der Waals surface area contributed by atoms with E-state index >= 15 is 0 Å². The number of amides is 2. The first-order valence-corrected chi connectivity index (χ1v) is 6.69. The van der Waals surface area contributed by atoms with Crippen molar-refractivity contribution in [2.24, 2.45) is 0 Å². The van der Waals surface area contributed by atoms with E-state index in [0.29, 0.717) is 10.8 Å². The summed E-state index contributed by atoms with van der Waals surface area (Å²) in [7, 11) is 0. The van der Waals surface area contributed by atoms with Gasteiger partial charge in [-0.25, -0.2) is 4.79 Å². The van der Waals surface area contributed by atoms with Crippen LogP contribution in [0.25, 0.3) is 0 Å². The van der Waals surface area contributed by atoms with Crippen molar-refractivity contribution in [2.75, 3.05) is 6.61 Å². The molecule has 0 fully saturated rings. The number of nitrogens with one attached hydrogen (secondary N) is 2. The average Bonchev–Trinajstić information content (AvgIpc) is 2.72. The van der Waals surface area contributed by atoms with E-state index in [1.807, 2.05) is 19.9 Å². The third-order valence-corrected chi connectivity index (χ3v) is 3.83. The first-order chi connectivity index (χ1) is 8.06. The van der Waals surface area contributed by atoms with Gasteiger partial charge < -0.3 is 15.7 Å². The zero-order valence-corrected chi connectivity index (χ0v) is 11.4. The van der Waals surface area contributed by atoms with Crippen LogP contribution < -0.4 is 10.6 Å². The van der Waals surface area contributed by atoms with Crippen LogP contribution in [0.1, 0.15) is 31.2 Å². The Morgan fingerprint density at radius 2 is 2.24 bits per heavy atom. The summed E-state index contributed by atoms with van der Waals surface area (Å²) >= 11 is 7.27. The number of halogens is 1. The van der Waals surface area contributed by atoms with Gasteiger partial charge in [-0.15, -0.1) is 11.3 Å². The second-order valence-electron chi connectivity index (χ2n) is 3.77. The second-order valence-corrected chi connectivity index (χ2v) is 5.52. The van der Waals surface area contributed by atoms with Crippen LogP contribution in [0.15, 0.2) is 12.1 Å². The van der Waals surface area contributed by atoms with E-state index in [0.717, 1.165) is 4.88 Å². The second kappa shape index (κ2) is 6.83. The molecule has 1 rings (SSSR count). The lowest BCUT2D eigenvalue weighted by Gasteiger charge is -2.17. The fraction of sp³-hybridized carbons (Fsp3) is 0.545. The molecule has 0 aliphatic rings. The Labute approximate surface area is 110 Å². The van der Waals surface area contributed by atoms with Crippen LogP contribution in [0.3, 0.4) is 0 Å².